The highest BCUT2D eigenvalue weighted by Gasteiger charge is 2.21. The zero-order chi connectivity index (χ0) is 14.9. The van der Waals surface area contributed by atoms with Gasteiger partial charge in [-0.25, -0.2) is 4.98 Å². The number of nitrogens with two attached hydrogens (primary N) is 1. The van der Waals surface area contributed by atoms with E-state index in [-0.39, 0.29) is 23.1 Å². The largest absolute Gasteiger partial charge is 0.368 e. The van der Waals surface area contributed by atoms with Gasteiger partial charge in [0.25, 0.3) is 0 Å². The second-order valence-electron chi connectivity index (χ2n) is 4.35. The molecule has 2 heterocycles. The molecule has 2 rings (SSSR count). The molecule has 2 aromatic rings. The number of aromatic nitrogens is 4. The molecule has 3 N–H and O–H groups in total. The lowest BCUT2D eigenvalue weighted by Crippen LogP contribution is -2.10. The molecule has 0 fully saturated rings. The summed E-state index contributed by atoms with van der Waals surface area (Å²) in [6.07, 6.45) is 1.70. The van der Waals surface area contributed by atoms with Gasteiger partial charge >= 0.3 is 5.69 Å². The van der Waals surface area contributed by atoms with Crippen molar-refractivity contribution in [3.05, 3.63) is 33.3 Å². The van der Waals surface area contributed by atoms with Crippen LogP contribution in [0.4, 0.5) is 17.5 Å². The molecule has 0 unspecified atom stereocenters. The van der Waals surface area contributed by atoms with Crippen molar-refractivity contribution in [2.24, 2.45) is 7.05 Å². The average molecular weight is 277 g/mol. The van der Waals surface area contributed by atoms with Crippen molar-refractivity contribution >= 4 is 17.5 Å². The van der Waals surface area contributed by atoms with Gasteiger partial charge in [-0.05, 0) is 13.8 Å². The van der Waals surface area contributed by atoms with Gasteiger partial charge in [-0.15, -0.1) is 0 Å². The van der Waals surface area contributed by atoms with Gasteiger partial charge in [-0.1, -0.05) is 0 Å². The van der Waals surface area contributed by atoms with Gasteiger partial charge in [-0.2, -0.15) is 10.1 Å². The lowest BCUT2D eigenvalue weighted by atomic mass is 10.2. The Bertz CT molecular complexity index is 665. The molecule has 0 aliphatic heterocycles. The Labute approximate surface area is 115 Å². The van der Waals surface area contributed by atoms with Crippen LogP contribution in [0.1, 0.15) is 17.0 Å². The lowest BCUT2D eigenvalue weighted by Gasteiger charge is -2.08. The van der Waals surface area contributed by atoms with Crippen LogP contribution in [0, 0.1) is 24.0 Å². The first kappa shape index (κ1) is 13.7. The van der Waals surface area contributed by atoms with Crippen LogP contribution < -0.4 is 11.1 Å². The number of hydrogen-bond donors (Lipinski definition) is 2. The fourth-order valence-corrected chi connectivity index (χ4v) is 1.83. The number of nitrogens with zero attached hydrogens (tertiary/aromatic N) is 5. The summed E-state index contributed by atoms with van der Waals surface area (Å²) >= 11 is 0. The molecule has 0 saturated carbocycles. The summed E-state index contributed by atoms with van der Waals surface area (Å²) in [5.41, 5.74) is 7.49. The Morgan fingerprint density at radius 1 is 1.45 bits per heavy atom. The fraction of sp³-hybridized carbons (Fsp3) is 0.364. The van der Waals surface area contributed by atoms with E-state index in [9.17, 15) is 10.1 Å². The van der Waals surface area contributed by atoms with Crippen molar-refractivity contribution in [2.75, 3.05) is 11.1 Å². The first-order valence-corrected chi connectivity index (χ1v) is 5.90. The van der Waals surface area contributed by atoms with E-state index < -0.39 is 4.92 Å². The van der Waals surface area contributed by atoms with E-state index in [0.717, 1.165) is 11.3 Å². The first-order valence-electron chi connectivity index (χ1n) is 5.90. The van der Waals surface area contributed by atoms with E-state index in [4.69, 9.17) is 5.73 Å². The molecule has 9 heteroatoms. The van der Waals surface area contributed by atoms with Crippen LogP contribution in [-0.4, -0.2) is 24.7 Å². The quantitative estimate of drug-likeness (QED) is 0.629. The lowest BCUT2D eigenvalue weighted by molar-refractivity contribution is -0.385. The van der Waals surface area contributed by atoms with Crippen LogP contribution in [0.25, 0.3) is 0 Å². The molecule has 9 nitrogen and oxygen atoms in total. The summed E-state index contributed by atoms with van der Waals surface area (Å²) in [5, 5.41) is 18.1. The molecule has 0 radical (unpaired) electrons. The van der Waals surface area contributed by atoms with E-state index in [1.807, 2.05) is 14.0 Å². The molecule has 20 heavy (non-hydrogen) atoms. The summed E-state index contributed by atoms with van der Waals surface area (Å²) in [7, 11) is 1.83. The van der Waals surface area contributed by atoms with Gasteiger partial charge in [0.05, 0.1) is 11.1 Å². The molecule has 0 aliphatic rings. The van der Waals surface area contributed by atoms with Crippen molar-refractivity contribution in [3.63, 3.8) is 0 Å². The smallest absolute Gasteiger partial charge is 0.332 e. The number of rotatable bonds is 4. The minimum absolute atomic E-state index is 0.00138. The van der Waals surface area contributed by atoms with E-state index in [0.29, 0.717) is 6.54 Å². The molecule has 0 spiro atoms. The predicted molar refractivity (Wildman–Crippen MR) is 73.1 cm³/mol. The van der Waals surface area contributed by atoms with Crippen LogP contribution in [0.3, 0.4) is 0 Å². The molecular formula is C11H15N7O2. The summed E-state index contributed by atoms with van der Waals surface area (Å²) in [6, 6.07) is 0. The highest BCUT2D eigenvalue weighted by Crippen LogP contribution is 2.26. The number of anilines is 2. The summed E-state index contributed by atoms with van der Waals surface area (Å²) < 4.78 is 1.73. The molecule has 0 aliphatic carbocycles. The molecule has 0 bridgehead atoms. The summed E-state index contributed by atoms with van der Waals surface area (Å²) in [5.74, 6) is 0.113. The highest BCUT2D eigenvalue weighted by molar-refractivity contribution is 5.60. The minimum Gasteiger partial charge on any atom is -0.368 e. The van der Waals surface area contributed by atoms with Crippen LogP contribution in [0.2, 0.25) is 0 Å². The Morgan fingerprint density at radius 3 is 2.70 bits per heavy atom. The van der Waals surface area contributed by atoms with Crippen LogP contribution in [0.15, 0.2) is 6.20 Å². The van der Waals surface area contributed by atoms with Crippen molar-refractivity contribution in [1.82, 2.24) is 19.7 Å². The van der Waals surface area contributed by atoms with Crippen molar-refractivity contribution in [2.45, 2.75) is 20.4 Å². The molecular weight excluding hydrogens is 262 g/mol. The Hall–Kier alpha value is -2.71. The average Bonchev–Trinajstić information content (AvgIpc) is 2.66. The maximum absolute atomic E-state index is 11.1. The topological polar surface area (TPSA) is 125 Å². The van der Waals surface area contributed by atoms with Crippen molar-refractivity contribution in [3.8, 4) is 0 Å². The molecule has 0 atom stereocenters. The number of aryl methyl sites for hydroxylation is 2. The predicted octanol–water partition coefficient (Wildman–Crippen LogP) is 0.929. The zero-order valence-electron chi connectivity index (χ0n) is 11.4. The van der Waals surface area contributed by atoms with E-state index in [2.05, 4.69) is 20.4 Å². The standard InChI is InChI=1S/C11H15N7O2/c1-6-9(18(19)20)10(16-11(12)15-6)13-4-8-5-14-17(3)7(8)2/h5H,4H2,1-3H3,(H3,12,13,15,16). The third-order valence-corrected chi connectivity index (χ3v) is 3.04. The third-order valence-electron chi connectivity index (χ3n) is 3.04. The van der Waals surface area contributed by atoms with Gasteiger partial charge < -0.3 is 11.1 Å². The summed E-state index contributed by atoms with van der Waals surface area (Å²) in [6.45, 7) is 3.81. The van der Waals surface area contributed by atoms with Gasteiger partial charge in [0.1, 0.15) is 5.69 Å². The Kier molecular flexibility index (Phi) is 3.51. The highest BCUT2D eigenvalue weighted by atomic mass is 16.6. The third kappa shape index (κ3) is 2.51. The SMILES string of the molecule is Cc1nc(N)nc(NCc2cnn(C)c2C)c1[N+](=O)[O-]. The van der Waals surface area contributed by atoms with Crippen molar-refractivity contribution in [1.29, 1.82) is 0 Å². The minimum atomic E-state index is -0.521. The van der Waals surface area contributed by atoms with Crippen LogP contribution in [-0.2, 0) is 13.6 Å². The molecule has 106 valence electrons. The summed E-state index contributed by atoms with van der Waals surface area (Å²) in [4.78, 5) is 18.2. The van der Waals surface area contributed by atoms with Crippen LogP contribution in [0.5, 0.6) is 0 Å². The number of hydrogen-bond acceptors (Lipinski definition) is 7. The van der Waals surface area contributed by atoms with Gasteiger partial charge in [-0.3, -0.25) is 14.8 Å². The Morgan fingerprint density at radius 2 is 2.15 bits per heavy atom. The van der Waals surface area contributed by atoms with Gasteiger partial charge in [0, 0.05) is 24.8 Å². The molecule has 0 saturated heterocycles. The van der Waals surface area contributed by atoms with Crippen molar-refractivity contribution < 1.29 is 4.92 Å². The molecule has 2 aromatic heterocycles. The maximum Gasteiger partial charge on any atom is 0.332 e. The zero-order valence-corrected chi connectivity index (χ0v) is 11.4. The number of nitrogens with one attached hydrogen (secondary N) is 1. The van der Waals surface area contributed by atoms with E-state index >= 15 is 0 Å². The van der Waals surface area contributed by atoms with Gasteiger partial charge in [0.15, 0.2) is 0 Å². The number of nitro groups is 1. The number of nitrogen functional groups attached to an aromatic ring is 1. The normalized spacial score (nSPS) is 10.6. The van der Waals surface area contributed by atoms with E-state index in [1.165, 1.54) is 6.92 Å². The van der Waals surface area contributed by atoms with Crippen LogP contribution >= 0.6 is 0 Å². The maximum atomic E-state index is 11.1. The monoisotopic (exact) mass is 277 g/mol. The first-order chi connectivity index (χ1) is 9.40. The second-order valence-corrected chi connectivity index (χ2v) is 4.35. The molecule has 0 amide bonds. The second kappa shape index (κ2) is 5.11. The van der Waals surface area contributed by atoms with E-state index in [1.54, 1.807) is 10.9 Å². The Balaban J connectivity index is 2.29. The van der Waals surface area contributed by atoms with Gasteiger partial charge in [0.2, 0.25) is 11.8 Å². The molecule has 0 aromatic carbocycles. The fourth-order valence-electron chi connectivity index (χ4n) is 1.83.